The molecule has 4 rings (SSSR count). The van der Waals surface area contributed by atoms with E-state index in [1.165, 1.54) is 21.6 Å². The molecule has 1 aromatic heterocycles. The van der Waals surface area contributed by atoms with Crippen molar-refractivity contribution in [2.45, 2.75) is 35.7 Å². The molecule has 12 heteroatoms. The van der Waals surface area contributed by atoms with E-state index in [1.54, 1.807) is 13.0 Å². The van der Waals surface area contributed by atoms with Crippen molar-refractivity contribution in [2.24, 2.45) is 0 Å². The van der Waals surface area contributed by atoms with Crippen LogP contribution >= 0.6 is 11.8 Å². The second-order valence-corrected chi connectivity index (χ2v) is 10.3. The molecule has 3 aromatic rings. The number of carboxylic acid groups (broad SMARTS) is 1. The molecule has 2 heterocycles. The van der Waals surface area contributed by atoms with Crippen LogP contribution in [0.4, 0.5) is 4.79 Å². The molecule has 41 heavy (non-hydrogen) atoms. The second-order valence-electron chi connectivity index (χ2n) is 9.17. The van der Waals surface area contributed by atoms with Crippen LogP contribution in [-0.2, 0) is 14.3 Å². The molecule has 0 bridgehead atoms. The third-order valence-electron chi connectivity index (χ3n) is 6.30. The molecule has 0 spiro atoms. The van der Waals surface area contributed by atoms with E-state index in [-0.39, 0.29) is 51.3 Å². The van der Waals surface area contributed by atoms with Crippen LogP contribution in [0.3, 0.4) is 0 Å². The number of benzene rings is 2. The number of nitrogens with one attached hydrogen (secondary N) is 1. The molecule has 2 aromatic carbocycles. The lowest BCUT2D eigenvalue weighted by molar-refractivity contribution is -0.138. The van der Waals surface area contributed by atoms with Gasteiger partial charge in [-0.25, -0.2) is 14.8 Å². The lowest BCUT2D eigenvalue weighted by atomic mass is 10.1. The van der Waals surface area contributed by atoms with Crippen LogP contribution in [0.5, 0.6) is 0 Å². The number of rotatable bonds is 10. The van der Waals surface area contributed by atoms with E-state index in [9.17, 15) is 24.3 Å². The first-order valence-corrected chi connectivity index (χ1v) is 14.1. The molecule has 214 valence electrons. The van der Waals surface area contributed by atoms with E-state index in [1.807, 2.05) is 60.7 Å². The molecule has 11 nitrogen and oxygen atoms in total. The Kier molecular flexibility index (Phi) is 10.3. The minimum Gasteiger partial charge on any atom is -0.481 e. The number of nitrogens with zero attached hydrogens (tertiary/aromatic N) is 4. The highest BCUT2D eigenvalue weighted by molar-refractivity contribution is 7.99. The number of ether oxygens (including phenoxy) is 1. The summed E-state index contributed by atoms with van der Waals surface area (Å²) in [4.78, 5) is 63.3. The van der Waals surface area contributed by atoms with Crippen molar-refractivity contribution in [2.75, 3.05) is 32.8 Å². The van der Waals surface area contributed by atoms with Gasteiger partial charge in [0.1, 0.15) is 16.8 Å². The Balaban J connectivity index is 1.55. The maximum atomic E-state index is 13.5. The van der Waals surface area contributed by atoms with Gasteiger partial charge in [0.15, 0.2) is 5.82 Å². The van der Waals surface area contributed by atoms with Gasteiger partial charge in [0, 0.05) is 49.1 Å². The van der Waals surface area contributed by atoms with Crippen molar-refractivity contribution in [1.29, 1.82) is 0 Å². The number of carboxylic acids is 1. The molecule has 0 radical (unpaired) electrons. The molecule has 0 saturated carbocycles. The quantitative estimate of drug-likeness (QED) is 0.346. The predicted octanol–water partition coefficient (Wildman–Crippen LogP) is 3.56. The van der Waals surface area contributed by atoms with E-state index >= 15 is 0 Å². The first-order valence-electron chi connectivity index (χ1n) is 13.2. The van der Waals surface area contributed by atoms with Crippen molar-refractivity contribution in [3.8, 4) is 11.4 Å². The topological polar surface area (TPSA) is 142 Å². The van der Waals surface area contributed by atoms with Crippen molar-refractivity contribution in [3.05, 3.63) is 72.4 Å². The monoisotopic (exact) mass is 577 g/mol. The lowest BCUT2D eigenvalue weighted by Crippen LogP contribution is -2.56. The van der Waals surface area contributed by atoms with Crippen molar-refractivity contribution in [3.63, 3.8) is 0 Å². The Morgan fingerprint density at radius 3 is 2.22 bits per heavy atom. The smallest absolute Gasteiger partial charge is 0.409 e. The van der Waals surface area contributed by atoms with E-state index in [0.717, 1.165) is 10.5 Å². The summed E-state index contributed by atoms with van der Waals surface area (Å²) in [6.07, 6.45) is -0.856. The lowest BCUT2D eigenvalue weighted by Gasteiger charge is -2.35. The van der Waals surface area contributed by atoms with Gasteiger partial charge in [0.25, 0.3) is 5.91 Å². The molecular weight excluding hydrogens is 546 g/mol. The zero-order chi connectivity index (χ0) is 29.2. The second kappa shape index (κ2) is 14.3. The fraction of sp³-hybridized carbons (Fsp3) is 0.310. The van der Waals surface area contributed by atoms with E-state index in [4.69, 9.17) is 4.74 Å². The van der Waals surface area contributed by atoms with Crippen LogP contribution < -0.4 is 5.32 Å². The number of amides is 3. The minimum atomic E-state index is -1.09. The number of carbonyl (C=O) groups excluding carboxylic acids is 3. The number of aromatic nitrogens is 2. The van der Waals surface area contributed by atoms with Gasteiger partial charge in [0.2, 0.25) is 5.91 Å². The van der Waals surface area contributed by atoms with Crippen LogP contribution in [-0.4, -0.2) is 87.6 Å². The molecule has 1 fully saturated rings. The highest BCUT2D eigenvalue weighted by Crippen LogP contribution is 2.28. The molecule has 2 N–H and O–H groups in total. The Morgan fingerprint density at radius 2 is 1.59 bits per heavy atom. The summed E-state index contributed by atoms with van der Waals surface area (Å²) >= 11 is 1.37. The standard InChI is InChI=1S/C29H31N5O6S/c1-2-40-29(39)34-17-15-33(16-18-34)28(38)22(13-14-25(35)36)31-27(37)23-19-24(41-21-11-7-4-8-12-21)32-26(30-23)20-9-5-3-6-10-20/h3-12,19,22H,2,13-18H2,1H3,(H,31,37)(H,35,36). The number of aliphatic carboxylic acids is 1. The highest BCUT2D eigenvalue weighted by Gasteiger charge is 2.31. The van der Waals surface area contributed by atoms with Crippen LogP contribution in [0.2, 0.25) is 0 Å². The highest BCUT2D eigenvalue weighted by atomic mass is 32.2. The van der Waals surface area contributed by atoms with Crippen molar-refractivity contribution < 1.29 is 29.0 Å². The number of hydrogen-bond acceptors (Lipinski definition) is 8. The van der Waals surface area contributed by atoms with E-state index in [2.05, 4.69) is 15.3 Å². The maximum Gasteiger partial charge on any atom is 0.409 e. The Morgan fingerprint density at radius 1 is 0.951 bits per heavy atom. The van der Waals surface area contributed by atoms with Crippen LogP contribution in [0.25, 0.3) is 11.4 Å². The Bertz CT molecular complexity index is 1370. The fourth-order valence-corrected chi connectivity index (χ4v) is 5.06. The van der Waals surface area contributed by atoms with Gasteiger partial charge < -0.3 is 25.0 Å². The van der Waals surface area contributed by atoms with Gasteiger partial charge in [-0.2, -0.15) is 0 Å². The summed E-state index contributed by atoms with van der Waals surface area (Å²) in [5, 5.41) is 12.5. The summed E-state index contributed by atoms with van der Waals surface area (Å²) in [6, 6.07) is 19.3. The minimum absolute atomic E-state index is 0.0533. The largest absolute Gasteiger partial charge is 0.481 e. The maximum absolute atomic E-state index is 13.5. The summed E-state index contributed by atoms with van der Waals surface area (Å²) in [6.45, 7) is 2.99. The van der Waals surface area contributed by atoms with Crippen LogP contribution in [0.1, 0.15) is 30.3 Å². The number of piperazine rings is 1. The predicted molar refractivity (Wildman–Crippen MR) is 151 cm³/mol. The zero-order valence-corrected chi connectivity index (χ0v) is 23.4. The summed E-state index contributed by atoms with van der Waals surface area (Å²) in [5.41, 5.74) is 0.771. The number of hydrogen-bond donors (Lipinski definition) is 2. The fourth-order valence-electron chi connectivity index (χ4n) is 4.22. The SMILES string of the molecule is CCOC(=O)N1CCN(C(=O)C(CCC(=O)O)NC(=O)c2cc(Sc3ccccc3)nc(-c3ccccc3)n2)CC1. The molecule has 1 aliphatic heterocycles. The molecule has 1 atom stereocenters. The third kappa shape index (κ3) is 8.27. The van der Waals surface area contributed by atoms with E-state index < -0.39 is 29.9 Å². The first-order chi connectivity index (χ1) is 19.8. The zero-order valence-electron chi connectivity index (χ0n) is 22.6. The number of carbonyl (C=O) groups is 4. The van der Waals surface area contributed by atoms with Gasteiger partial charge in [-0.05, 0) is 25.5 Å². The Hall–Kier alpha value is -4.45. The molecular formula is C29H31N5O6S. The van der Waals surface area contributed by atoms with Crippen LogP contribution in [0, 0.1) is 0 Å². The summed E-state index contributed by atoms with van der Waals surface area (Å²) in [5.74, 6) is -1.77. The molecule has 1 aliphatic rings. The molecule has 3 amide bonds. The first kappa shape index (κ1) is 29.5. The van der Waals surface area contributed by atoms with Gasteiger partial charge in [-0.3, -0.25) is 14.4 Å². The average Bonchev–Trinajstić information content (AvgIpc) is 2.99. The van der Waals surface area contributed by atoms with Crippen molar-refractivity contribution in [1.82, 2.24) is 25.1 Å². The van der Waals surface area contributed by atoms with Gasteiger partial charge in [0.05, 0.1) is 6.61 Å². The van der Waals surface area contributed by atoms with E-state index in [0.29, 0.717) is 10.9 Å². The van der Waals surface area contributed by atoms with Crippen LogP contribution in [0.15, 0.2) is 76.7 Å². The molecule has 1 saturated heterocycles. The Labute approximate surface area is 241 Å². The summed E-state index contributed by atoms with van der Waals surface area (Å²) in [7, 11) is 0. The van der Waals surface area contributed by atoms with Gasteiger partial charge in [-0.1, -0.05) is 60.3 Å². The molecule has 1 unspecified atom stereocenters. The van der Waals surface area contributed by atoms with Gasteiger partial charge in [-0.15, -0.1) is 0 Å². The molecule has 0 aliphatic carbocycles. The van der Waals surface area contributed by atoms with Gasteiger partial charge >= 0.3 is 12.1 Å². The van der Waals surface area contributed by atoms with Crippen molar-refractivity contribution >= 4 is 35.6 Å². The summed E-state index contributed by atoms with van der Waals surface area (Å²) < 4.78 is 5.03. The third-order valence-corrected chi connectivity index (χ3v) is 7.23. The average molecular weight is 578 g/mol. The normalized spacial score (nSPS) is 13.8.